The molecule has 194 valence electrons. The molecule has 1 aromatic heterocycles. The second-order valence-electron chi connectivity index (χ2n) is 9.92. The molecule has 1 fully saturated rings. The minimum atomic E-state index is -0.916. The van der Waals surface area contributed by atoms with Crippen molar-refractivity contribution in [1.82, 2.24) is 20.4 Å². The smallest absolute Gasteiger partial charge is 0.322 e. The maximum Gasteiger partial charge on any atom is 0.322 e. The Morgan fingerprint density at radius 1 is 1.25 bits per heavy atom. The van der Waals surface area contributed by atoms with Gasteiger partial charge in [0.05, 0.1) is 12.5 Å². The second-order valence-corrected chi connectivity index (χ2v) is 9.92. The molecule has 2 aromatic rings. The number of para-hydroxylation sites is 1. The largest absolute Gasteiger partial charge is 0.347 e. The van der Waals surface area contributed by atoms with Crippen LogP contribution in [0.5, 0.6) is 0 Å². The molecule has 0 unspecified atom stereocenters. The zero-order valence-electron chi connectivity index (χ0n) is 21.4. The number of nitrogens with zero attached hydrogens (tertiary/aromatic N) is 4. The van der Waals surface area contributed by atoms with Crippen LogP contribution in [0.1, 0.15) is 77.1 Å². The van der Waals surface area contributed by atoms with Crippen molar-refractivity contribution in [2.45, 2.75) is 90.3 Å². The summed E-state index contributed by atoms with van der Waals surface area (Å²) in [6, 6.07) is 3.78. The predicted octanol–water partition coefficient (Wildman–Crippen LogP) is 4.13. The number of likely N-dealkylation sites (tertiary alicyclic amines) is 1. The number of hydrogen-bond donors (Lipinski definition) is 2. The van der Waals surface area contributed by atoms with Gasteiger partial charge in [-0.3, -0.25) is 14.6 Å². The number of rotatable bonds is 9. The van der Waals surface area contributed by atoms with Gasteiger partial charge in [-0.05, 0) is 44.2 Å². The summed E-state index contributed by atoms with van der Waals surface area (Å²) in [4.78, 5) is 37.3. The number of hydrogen-bond acceptors (Lipinski definition) is 7. The summed E-state index contributed by atoms with van der Waals surface area (Å²) >= 11 is 0. The highest BCUT2D eigenvalue weighted by atomic mass is 19.1. The molecule has 3 heterocycles. The lowest BCUT2D eigenvalue weighted by atomic mass is 9.98. The zero-order chi connectivity index (χ0) is 25.8. The van der Waals surface area contributed by atoms with E-state index in [1.807, 2.05) is 24.8 Å². The van der Waals surface area contributed by atoms with Crippen LogP contribution in [-0.4, -0.2) is 57.2 Å². The van der Waals surface area contributed by atoms with Crippen molar-refractivity contribution in [3.05, 3.63) is 35.4 Å². The number of nitrogens with one attached hydrogen (secondary N) is 2. The van der Waals surface area contributed by atoms with Crippen LogP contribution in [0.3, 0.4) is 0 Å². The molecule has 4 rings (SSSR count). The highest BCUT2D eigenvalue weighted by molar-refractivity contribution is 6.00. The van der Waals surface area contributed by atoms with Crippen molar-refractivity contribution in [2.75, 3.05) is 11.9 Å². The minimum absolute atomic E-state index is 0.0459. The van der Waals surface area contributed by atoms with Crippen LogP contribution < -0.4 is 10.6 Å². The van der Waals surface area contributed by atoms with Crippen LogP contribution >= 0.6 is 0 Å². The summed E-state index contributed by atoms with van der Waals surface area (Å²) in [7, 11) is 0. The van der Waals surface area contributed by atoms with E-state index in [0.29, 0.717) is 30.2 Å². The minimum Gasteiger partial charge on any atom is -0.347 e. The Kier molecular flexibility index (Phi) is 8.01. The van der Waals surface area contributed by atoms with E-state index in [0.717, 1.165) is 31.2 Å². The van der Waals surface area contributed by atoms with E-state index < -0.39 is 12.1 Å². The van der Waals surface area contributed by atoms with Crippen LogP contribution in [0, 0.1) is 5.82 Å². The molecule has 0 saturated carbocycles. The van der Waals surface area contributed by atoms with Crippen molar-refractivity contribution < 1.29 is 18.5 Å². The van der Waals surface area contributed by atoms with Gasteiger partial charge < -0.3 is 20.1 Å². The molecule has 2 N–H and O–H groups in total. The van der Waals surface area contributed by atoms with Crippen LogP contribution in [0.15, 0.2) is 27.7 Å². The van der Waals surface area contributed by atoms with E-state index >= 15 is 0 Å². The number of carbonyl (C=O) groups excluding carboxylic acids is 2. The quantitative estimate of drug-likeness (QED) is 0.538. The third kappa shape index (κ3) is 5.74. The number of halogens is 1. The second kappa shape index (κ2) is 11.2. The number of amides is 2. The summed E-state index contributed by atoms with van der Waals surface area (Å²) in [5, 5.41) is 9.87. The van der Waals surface area contributed by atoms with Crippen LogP contribution in [-0.2, 0) is 16.0 Å². The lowest BCUT2D eigenvalue weighted by molar-refractivity contribution is -0.137. The van der Waals surface area contributed by atoms with Crippen molar-refractivity contribution in [1.29, 1.82) is 0 Å². The van der Waals surface area contributed by atoms with Gasteiger partial charge in [0.2, 0.25) is 11.8 Å². The third-order valence-electron chi connectivity index (χ3n) is 6.93. The predicted molar refractivity (Wildman–Crippen MR) is 135 cm³/mol. The molecule has 10 heteroatoms. The Labute approximate surface area is 210 Å². The molecule has 36 heavy (non-hydrogen) atoms. The van der Waals surface area contributed by atoms with Gasteiger partial charge in [-0.15, -0.1) is 0 Å². The summed E-state index contributed by atoms with van der Waals surface area (Å²) in [5.41, 5.74) is 1.77. The highest BCUT2D eigenvalue weighted by Crippen LogP contribution is 2.30. The fourth-order valence-electron chi connectivity index (χ4n) is 4.78. The van der Waals surface area contributed by atoms with Crippen LogP contribution in [0.4, 0.5) is 16.1 Å². The van der Waals surface area contributed by atoms with E-state index in [1.165, 1.54) is 6.07 Å². The molecule has 0 spiro atoms. The monoisotopic (exact) mass is 498 g/mol. The number of anilines is 1. The average molecular weight is 499 g/mol. The van der Waals surface area contributed by atoms with E-state index in [-0.39, 0.29) is 42.0 Å². The van der Waals surface area contributed by atoms with Gasteiger partial charge in [-0.25, -0.2) is 4.39 Å². The molecule has 0 radical (unpaired) electrons. The van der Waals surface area contributed by atoms with Crippen molar-refractivity contribution >= 4 is 29.2 Å². The van der Waals surface area contributed by atoms with Crippen molar-refractivity contribution in [3.8, 4) is 0 Å². The lowest BCUT2D eigenvalue weighted by Gasteiger charge is -2.36. The molecular formula is C26H35FN6O3. The first-order valence-electron chi connectivity index (χ1n) is 12.8. The van der Waals surface area contributed by atoms with E-state index in [1.54, 1.807) is 13.0 Å². The topological polar surface area (TPSA) is 113 Å². The normalized spacial score (nSPS) is 19.0. The van der Waals surface area contributed by atoms with Crippen molar-refractivity contribution in [3.63, 3.8) is 0 Å². The van der Waals surface area contributed by atoms with Gasteiger partial charge in [0.1, 0.15) is 17.5 Å². The molecule has 0 aliphatic carbocycles. The Balaban J connectivity index is 1.49. The highest BCUT2D eigenvalue weighted by Gasteiger charge is 2.32. The number of aromatic nitrogens is 2. The third-order valence-corrected chi connectivity index (χ3v) is 6.93. The zero-order valence-corrected chi connectivity index (χ0v) is 21.4. The first kappa shape index (κ1) is 25.8. The van der Waals surface area contributed by atoms with Crippen LogP contribution in [0.2, 0.25) is 0 Å². The Hall–Kier alpha value is -3.30. The SMILES string of the molecule is CC[C@H]1CCCCN1C(=O)C[C@H](Nc1nc(C(C)C)no1)C(=O)N[C@@H](C)C1=Nc2c(F)cccc2C1. The average Bonchev–Trinajstić information content (AvgIpc) is 3.52. The van der Waals surface area contributed by atoms with Crippen LogP contribution in [0.25, 0.3) is 0 Å². The first-order chi connectivity index (χ1) is 17.3. The van der Waals surface area contributed by atoms with Gasteiger partial charge in [0, 0.05) is 30.6 Å². The lowest BCUT2D eigenvalue weighted by Crippen LogP contribution is -2.50. The van der Waals surface area contributed by atoms with Gasteiger partial charge in [0.15, 0.2) is 5.82 Å². The standard InChI is InChI=1S/C26H35FN6O3/c1-5-18-10-6-7-12-33(18)22(34)14-21(30-26-31-24(15(2)3)32-36-26)25(35)28-16(4)20-13-17-9-8-11-19(27)23(17)29-20/h8-9,11,15-16,18,21H,5-7,10,12-14H2,1-4H3,(H,28,35)(H,30,31,32)/t16-,18-,21-/m0/s1. The fraction of sp³-hybridized carbons (Fsp3) is 0.577. The Bertz CT molecular complexity index is 1130. The maximum atomic E-state index is 14.1. The van der Waals surface area contributed by atoms with Gasteiger partial charge in [-0.1, -0.05) is 38.1 Å². The van der Waals surface area contributed by atoms with Crippen molar-refractivity contribution in [2.24, 2.45) is 4.99 Å². The fourth-order valence-corrected chi connectivity index (χ4v) is 4.78. The summed E-state index contributed by atoms with van der Waals surface area (Å²) in [6.07, 6.45) is 4.33. The van der Waals surface area contributed by atoms with Gasteiger partial charge >= 0.3 is 6.01 Å². The number of carbonyl (C=O) groups is 2. The molecular weight excluding hydrogens is 463 g/mol. The van der Waals surface area contributed by atoms with E-state index in [9.17, 15) is 14.0 Å². The number of benzene rings is 1. The molecule has 1 saturated heterocycles. The molecule has 9 nitrogen and oxygen atoms in total. The molecule has 2 aliphatic rings. The Morgan fingerprint density at radius 2 is 2.06 bits per heavy atom. The number of piperidine rings is 1. The summed E-state index contributed by atoms with van der Waals surface area (Å²) in [5.74, 6) is -0.282. The van der Waals surface area contributed by atoms with E-state index in [4.69, 9.17) is 4.52 Å². The molecule has 1 aromatic carbocycles. The molecule has 2 aliphatic heterocycles. The molecule has 3 atom stereocenters. The van der Waals surface area contributed by atoms with Gasteiger partial charge in [-0.2, -0.15) is 4.98 Å². The number of fused-ring (bicyclic) bond motifs is 1. The van der Waals surface area contributed by atoms with Gasteiger partial charge in [0.25, 0.3) is 0 Å². The summed E-state index contributed by atoms with van der Waals surface area (Å²) in [6.45, 7) is 8.46. The first-order valence-corrected chi connectivity index (χ1v) is 12.8. The number of aliphatic imine (C=N–C) groups is 1. The molecule has 2 amide bonds. The van der Waals surface area contributed by atoms with E-state index in [2.05, 4.69) is 32.7 Å². The maximum absolute atomic E-state index is 14.1. The summed E-state index contributed by atoms with van der Waals surface area (Å²) < 4.78 is 19.4. The molecule has 0 bridgehead atoms. The Morgan fingerprint density at radius 3 is 2.75 bits per heavy atom.